The van der Waals surface area contributed by atoms with Gasteiger partial charge in [0.2, 0.25) is 0 Å². The molecule has 0 spiro atoms. The van der Waals surface area contributed by atoms with E-state index in [1.54, 1.807) is 25.3 Å². The second-order valence-corrected chi connectivity index (χ2v) is 8.46. The monoisotopic (exact) mass is 477 g/mol. The zero-order chi connectivity index (χ0) is 24.9. The number of nitrogens with zero attached hydrogens (tertiary/aromatic N) is 3. The van der Waals surface area contributed by atoms with Crippen LogP contribution in [0.25, 0.3) is 44.2 Å². The SMILES string of the molecule is CCn1c2ccc(-c3nc4c(F)c(C(=O)OC)ccc4n3CCOC)cc2c2cc(F)cc(C)c21. The maximum absolute atomic E-state index is 15.3. The maximum Gasteiger partial charge on any atom is 0.340 e. The molecule has 0 bridgehead atoms. The summed E-state index contributed by atoms with van der Waals surface area (Å²) in [5.41, 5.74) is 4.04. The van der Waals surface area contributed by atoms with Crippen molar-refractivity contribution in [3.63, 3.8) is 0 Å². The summed E-state index contributed by atoms with van der Waals surface area (Å²) in [5, 5.41) is 1.71. The number of hydrogen-bond donors (Lipinski definition) is 0. The van der Waals surface area contributed by atoms with E-state index in [1.807, 2.05) is 29.7 Å². The first-order valence-corrected chi connectivity index (χ1v) is 11.4. The van der Waals surface area contributed by atoms with E-state index in [0.717, 1.165) is 39.5 Å². The minimum Gasteiger partial charge on any atom is -0.465 e. The van der Waals surface area contributed by atoms with Gasteiger partial charge in [-0.15, -0.1) is 0 Å². The Morgan fingerprint density at radius 2 is 1.77 bits per heavy atom. The summed E-state index contributed by atoms with van der Waals surface area (Å²) in [5.74, 6) is -1.25. The highest BCUT2D eigenvalue weighted by Gasteiger charge is 2.22. The van der Waals surface area contributed by atoms with Crippen molar-refractivity contribution in [3.05, 3.63) is 65.2 Å². The number of hydrogen-bond acceptors (Lipinski definition) is 4. The van der Waals surface area contributed by atoms with E-state index in [1.165, 1.54) is 13.2 Å². The minimum atomic E-state index is -0.761. The number of carbonyl (C=O) groups is 1. The normalized spacial score (nSPS) is 11.7. The highest BCUT2D eigenvalue weighted by molar-refractivity contribution is 6.10. The Hall–Kier alpha value is -3.78. The Morgan fingerprint density at radius 3 is 2.49 bits per heavy atom. The van der Waals surface area contributed by atoms with Crippen molar-refractivity contribution in [1.29, 1.82) is 0 Å². The van der Waals surface area contributed by atoms with Crippen LogP contribution in [0.5, 0.6) is 0 Å². The van der Waals surface area contributed by atoms with Crippen LogP contribution in [0.1, 0.15) is 22.8 Å². The van der Waals surface area contributed by atoms with Gasteiger partial charge in [-0.25, -0.2) is 18.6 Å². The third-order valence-electron chi connectivity index (χ3n) is 6.47. The van der Waals surface area contributed by atoms with Gasteiger partial charge in [0, 0.05) is 42.1 Å². The van der Waals surface area contributed by atoms with Crippen molar-refractivity contribution in [2.24, 2.45) is 0 Å². The summed E-state index contributed by atoms with van der Waals surface area (Å²) in [6, 6.07) is 12.0. The predicted molar refractivity (Wildman–Crippen MR) is 132 cm³/mol. The Kier molecular flexibility index (Phi) is 5.76. The van der Waals surface area contributed by atoms with Crippen molar-refractivity contribution >= 4 is 38.8 Å². The fourth-order valence-corrected chi connectivity index (χ4v) is 4.93. The first-order chi connectivity index (χ1) is 16.9. The number of esters is 1. The number of rotatable bonds is 6. The van der Waals surface area contributed by atoms with Crippen molar-refractivity contribution in [2.45, 2.75) is 26.9 Å². The predicted octanol–water partition coefficient (Wildman–Crippen LogP) is 5.85. The third kappa shape index (κ3) is 3.56. The summed E-state index contributed by atoms with van der Waals surface area (Å²) in [6.45, 7) is 5.52. The van der Waals surface area contributed by atoms with Crippen molar-refractivity contribution in [2.75, 3.05) is 20.8 Å². The second kappa shape index (κ2) is 8.78. The van der Waals surface area contributed by atoms with Crippen molar-refractivity contribution in [1.82, 2.24) is 14.1 Å². The van der Waals surface area contributed by atoms with Gasteiger partial charge in [0.05, 0.1) is 30.3 Å². The summed E-state index contributed by atoms with van der Waals surface area (Å²) in [6.07, 6.45) is 0. The zero-order valence-corrected chi connectivity index (χ0v) is 20.0. The molecule has 0 amide bonds. The standard InChI is InChI=1S/C27H25F2N3O3/c1-5-31-21-8-6-16(13-19(21)20-14-17(28)12-15(2)25(20)31)26-30-24-22(32(26)10-11-34-3)9-7-18(23(24)29)27(33)35-4/h6-9,12-14H,5,10-11H2,1-4H3. The van der Waals surface area contributed by atoms with E-state index in [-0.39, 0.29) is 16.9 Å². The Labute approximate surface area is 200 Å². The Bertz CT molecular complexity index is 1620. The molecule has 3 aromatic carbocycles. The highest BCUT2D eigenvalue weighted by Crippen LogP contribution is 2.36. The van der Waals surface area contributed by atoms with Crippen LogP contribution in [0, 0.1) is 18.6 Å². The lowest BCUT2D eigenvalue weighted by atomic mass is 10.1. The molecule has 6 nitrogen and oxygen atoms in total. The quantitative estimate of drug-likeness (QED) is 0.288. The molecule has 0 N–H and O–H groups in total. The smallest absolute Gasteiger partial charge is 0.340 e. The lowest BCUT2D eigenvalue weighted by Crippen LogP contribution is -2.07. The number of halogens is 2. The second-order valence-electron chi connectivity index (χ2n) is 8.46. The van der Waals surface area contributed by atoms with Gasteiger partial charge in [-0.3, -0.25) is 0 Å². The van der Waals surface area contributed by atoms with Crippen molar-refractivity contribution in [3.8, 4) is 11.4 Å². The molecule has 0 fully saturated rings. The van der Waals surface area contributed by atoms with E-state index in [9.17, 15) is 9.18 Å². The van der Waals surface area contributed by atoms with E-state index < -0.39 is 11.8 Å². The molecule has 0 atom stereocenters. The maximum atomic E-state index is 15.3. The molecule has 35 heavy (non-hydrogen) atoms. The summed E-state index contributed by atoms with van der Waals surface area (Å²) >= 11 is 0. The van der Waals surface area contributed by atoms with Gasteiger partial charge in [0.15, 0.2) is 5.82 Å². The summed E-state index contributed by atoms with van der Waals surface area (Å²) in [7, 11) is 2.80. The molecule has 0 aliphatic rings. The van der Waals surface area contributed by atoms with Gasteiger partial charge in [0.25, 0.3) is 0 Å². The zero-order valence-electron chi connectivity index (χ0n) is 20.0. The minimum absolute atomic E-state index is 0.0805. The van der Waals surface area contributed by atoms with Crippen LogP contribution >= 0.6 is 0 Å². The first-order valence-electron chi connectivity index (χ1n) is 11.4. The van der Waals surface area contributed by atoms with E-state index >= 15 is 4.39 Å². The number of ether oxygens (including phenoxy) is 2. The first kappa shape index (κ1) is 23.0. The fraction of sp³-hybridized carbons (Fsp3) is 0.259. The van der Waals surface area contributed by atoms with Gasteiger partial charge in [-0.2, -0.15) is 0 Å². The molecule has 0 saturated carbocycles. The van der Waals surface area contributed by atoms with E-state index in [2.05, 4.69) is 16.5 Å². The number of carbonyl (C=O) groups excluding carboxylic acids is 1. The lowest BCUT2D eigenvalue weighted by molar-refractivity contribution is 0.0596. The molecular weight excluding hydrogens is 452 g/mol. The largest absolute Gasteiger partial charge is 0.465 e. The molecule has 180 valence electrons. The molecule has 5 rings (SSSR count). The van der Waals surface area contributed by atoms with Crippen LogP contribution in [-0.4, -0.2) is 40.9 Å². The lowest BCUT2D eigenvalue weighted by Gasteiger charge is -2.10. The average molecular weight is 478 g/mol. The van der Waals surface area contributed by atoms with Gasteiger partial charge < -0.3 is 18.6 Å². The molecule has 0 unspecified atom stereocenters. The Balaban J connectivity index is 1.79. The van der Waals surface area contributed by atoms with Crippen LogP contribution in [0.15, 0.2) is 42.5 Å². The molecule has 0 aliphatic carbocycles. The molecule has 5 aromatic rings. The number of fused-ring (bicyclic) bond motifs is 4. The molecular formula is C27H25F2N3O3. The molecule has 0 aliphatic heterocycles. The molecule has 8 heteroatoms. The molecule has 0 saturated heterocycles. The molecule has 0 radical (unpaired) electrons. The van der Waals surface area contributed by atoms with Crippen LogP contribution in [0.2, 0.25) is 0 Å². The Morgan fingerprint density at radius 1 is 1.00 bits per heavy atom. The summed E-state index contributed by atoms with van der Waals surface area (Å²) < 4.78 is 43.7. The van der Waals surface area contributed by atoms with Crippen molar-refractivity contribution < 1.29 is 23.0 Å². The van der Waals surface area contributed by atoms with Crippen LogP contribution < -0.4 is 0 Å². The number of methoxy groups -OCH3 is 2. The molecule has 2 aromatic heterocycles. The van der Waals surface area contributed by atoms with Gasteiger partial charge in [-0.1, -0.05) is 0 Å². The average Bonchev–Trinajstić information content (AvgIpc) is 3.38. The van der Waals surface area contributed by atoms with Gasteiger partial charge >= 0.3 is 5.97 Å². The van der Waals surface area contributed by atoms with E-state index in [0.29, 0.717) is 24.5 Å². The number of aromatic nitrogens is 3. The van der Waals surface area contributed by atoms with E-state index in [4.69, 9.17) is 9.47 Å². The van der Waals surface area contributed by atoms with Gasteiger partial charge in [0.1, 0.15) is 17.2 Å². The highest BCUT2D eigenvalue weighted by atomic mass is 19.1. The van der Waals surface area contributed by atoms with Gasteiger partial charge in [-0.05, 0) is 61.9 Å². The van der Waals surface area contributed by atoms with Crippen LogP contribution in [-0.2, 0) is 22.6 Å². The number of imidazole rings is 1. The summed E-state index contributed by atoms with van der Waals surface area (Å²) in [4.78, 5) is 16.6. The third-order valence-corrected chi connectivity index (χ3v) is 6.47. The fourth-order valence-electron chi connectivity index (χ4n) is 4.93. The molecule has 2 heterocycles. The number of benzene rings is 3. The van der Waals surface area contributed by atoms with Crippen LogP contribution in [0.3, 0.4) is 0 Å². The number of aryl methyl sites for hydroxylation is 2. The topological polar surface area (TPSA) is 58.3 Å². The van der Waals surface area contributed by atoms with Crippen LogP contribution in [0.4, 0.5) is 8.78 Å².